The summed E-state index contributed by atoms with van der Waals surface area (Å²) in [7, 11) is 16.4. The molecule has 6 saturated carbocycles. The Morgan fingerprint density at radius 1 is 0.268 bits per heavy atom. The van der Waals surface area contributed by atoms with Crippen LogP contribution in [0.1, 0.15) is 193 Å². The summed E-state index contributed by atoms with van der Waals surface area (Å²) in [5.74, 6) is 0. The molecule has 0 aliphatic heterocycles. The SMILES string of the molecule is [Cl][Ni]([Cl])([P](C1CCCCC1)(C1CCCCC1)C1CCCCC1)[P](C1CCCCC1)(C1CCCCC1)C1CCCCC1. The van der Waals surface area contributed by atoms with Gasteiger partial charge in [-0.1, -0.05) is 0 Å². The van der Waals surface area contributed by atoms with Crippen molar-refractivity contribution in [2.24, 2.45) is 0 Å². The number of halogens is 2. The van der Waals surface area contributed by atoms with Gasteiger partial charge < -0.3 is 0 Å². The second kappa shape index (κ2) is 15.2. The van der Waals surface area contributed by atoms with Gasteiger partial charge in [0.1, 0.15) is 0 Å². The molecule has 244 valence electrons. The van der Waals surface area contributed by atoms with Crippen LogP contribution >= 0.6 is 32.5 Å². The Kier molecular flexibility index (Phi) is 12.2. The first kappa shape index (κ1) is 32.9. The summed E-state index contributed by atoms with van der Waals surface area (Å²) >= 11 is 0. The van der Waals surface area contributed by atoms with Crippen LogP contribution in [0.4, 0.5) is 0 Å². The molecule has 6 aliphatic rings. The van der Waals surface area contributed by atoms with E-state index in [2.05, 4.69) is 0 Å². The molecule has 0 unspecified atom stereocenters. The van der Waals surface area contributed by atoms with E-state index >= 15 is 0 Å². The molecule has 2 radical (unpaired) electrons. The van der Waals surface area contributed by atoms with Gasteiger partial charge in [-0.3, -0.25) is 0 Å². The van der Waals surface area contributed by atoms with E-state index in [1.54, 1.807) is 0 Å². The number of hydrogen-bond donors (Lipinski definition) is 0. The topological polar surface area (TPSA) is 0 Å². The van der Waals surface area contributed by atoms with Crippen molar-refractivity contribution in [3.63, 3.8) is 0 Å². The van der Waals surface area contributed by atoms with Gasteiger partial charge >= 0.3 is 269 Å². The standard InChI is InChI=1S/2C18H33P.2ClH.Ni/c2*1-4-10-16(11-5-1)19(17-12-6-2-7-13-17)18-14-8-3-9-15-18;;;/h2*16-18H,1-15H2;2*1H;/q;;;;+2/p-2. The second-order valence-electron chi connectivity index (χ2n) is 15.5. The van der Waals surface area contributed by atoms with E-state index in [0.717, 1.165) is 34.0 Å². The van der Waals surface area contributed by atoms with Crippen molar-refractivity contribution in [3.05, 3.63) is 0 Å². The third kappa shape index (κ3) is 6.19. The molecule has 0 nitrogen and oxygen atoms in total. The predicted octanol–water partition coefficient (Wildman–Crippen LogP) is 14.3. The van der Waals surface area contributed by atoms with Crippen molar-refractivity contribution in [1.82, 2.24) is 0 Å². The van der Waals surface area contributed by atoms with Gasteiger partial charge in [0, 0.05) is 0 Å². The Hall–Kier alpha value is 1.93. The van der Waals surface area contributed by atoms with E-state index in [-0.39, 0.29) is 0 Å². The normalized spacial score (nSPS) is 29.5. The molecule has 0 amide bonds. The summed E-state index contributed by atoms with van der Waals surface area (Å²) < 4.78 is 0. The zero-order valence-corrected chi connectivity index (χ0v) is 30.9. The second-order valence-corrected chi connectivity index (χ2v) is 38.8. The molecule has 0 atom stereocenters. The first-order valence-electron chi connectivity index (χ1n) is 19.0. The predicted molar refractivity (Wildman–Crippen MR) is 187 cm³/mol. The molecule has 6 rings (SSSR count). The summed E-state index contributed by atoms with van der Waals surface area (Å²) in [6, 6.07) is -3.15. The summed E-state index contributed by atoms with van der Waals surface area (Å²) in [6.45, 7) is 0. The molecule has 0 spiro atoms. The summed E-state index contributed by atoms with van der Waals surface area (Å²) in [4.78, 5) is 0. The first-order valence-corrected chi connectivity index (χ1v) is 28.0. The molecule has 0 aromatic heterocycles. The third-order valence-corrected chi connectivity index (χ3v) is 50.6. The van der Waals surface area contributed by atoms with Gasteiger partial charge in [-0.25, -0.2) is 0 Å². The van der Waals surface area contributed by atoms with Crippen LogP contribution in [0.2, 0.25) is 0 Å². The van der Waals surface area contributed by atoms with E-state index < -0.39 is 21.8 Å². The van der Waals surface area contributed by atoms with E-state index in [4.69, 9.17) is 20.4 Å². The van der Waals surface area contributed by atoms with Crippen LogP contribution in [0.3, 0.4) is 0 Å². The van der Waals surface area contributed by atoms with Gasteiger partial charge in [-0.05, 0) is 0 Å². The third-order valence-electron chi connectivity index (χ3n) is 13.3. The summed E-state index contributed by atoms with van der Waals surface area (Å²) in [6.07, 6.45) is 44.8. The van der Waals surface area contributed by atoms with Crippen LogP contribution < -0.4 is 0 Å². The zero-order valence-electron chi connectivity index (χ0n) is 26.6. The van der Waals surface area contributed by atoms with Crippen molar-refractivity contribution in [1.29, 1.82) is 0 Å². The molecule has 41 heavy (non-hydrogen) atoms. The van der Waals surface area contributed by atoms with Crippen LogP contribution in [0, 0.1) is 0 Å². The van der Waals surface area contributed by atoms with Crippen LogP contribution in [0.15, 0.2) is 0 Å². The van der Waals surface area contributed by atoms with Gasteiger partial charge in [0.05, 0.1) is 0 Å². The van der Waals surface area contributed by atoms with Gasteiger partial charge in [0.15, 0.2) is 0 Å². The molecule has 6 fully saturated rings. The van der Waals surface area contributed by atoms with E-state index in [1.165, 1.54) is 193 Å². The van der Waals surface area contributed by atoms with Crippen molar-refractivity contribution in [2.75, 3.05) is 0 Å². The zero-order chi connectivity index (χ0) is 28.2. The number of hydrogen-bond acceptors (Lipinski definition) is 0. The fourth-order valence-corrected chi connectivity index (χ4v) is 63.4. The average molecular weight is 690 g/mol. The summed E-state index contributed by atoms with van der Waals surface area (Å²) in [5.41, 5.74) is 5.63. The van der Waals surface area contributed by atoms with Crippen molar-refractivity contribution in [3.8, 4) is 0 Å². The molecule has 0 aromatic carbocycles. The minimum atomic E-state index is -1.89. The fourth-order valence-electron chi connectivity index (χ4n) is 11.6. The quantitative estimate of drug-likeness (QED) is 0.176. The molecule has 0 bridgehead atoms. The molecule has 5 heteroatoms. The van der Waals surface area contributed by atoms with Gasteiger partial charge in [-0.2, -0.15) is 0 Å². The first-order chi connectivity index (χ1) is 20.1. The van der Waals surface area contributed by atoms with E-state index in [1.807, 2.05) is 0 Å². The van der Waals surface area contributed by atoms with Crippen LogP contribution in [-0.4, -0.2) is 34.0 Å². The summed E-state index contributed by atoms with van der Waals surface area (Å²) in [5, 5.41) is 0. The van der Waals surface area contributed by atoms with Crippen molar-refractivity contribution >= 4 is 32.5 Å². The molecule has 0 saturated heterocycles. The van der Waals surface area contributed by atoms with Crippen LogP contribution in [-0.2, 0) is 9.74 Å². The maximum absolute atomic E-state index is 9.14. The Balaban J connectivity index is 1.58. The van der Waals surface area contributed by atoms with Gasteiger partial charge in [0.25, 0.3) is 0 Å². The molecule has 0 aromatic rings. The molecule has 6 aliphatic carbocycles. The maximum atomic E-state index is 9.14. The Morgan fingerprint density at radius 3 is 0.561 bits per heavy atom. The minimum absolute atomic E-state index is 0.938. The van der Waals surface area contributed by atoms with Crippen molar-refractivity contribution < 1.29 is 9.74 Å². The number of rotatable bonds is 8. The fraction of sp³-hybridized carbons (Fsp3) is 1.00. The molecule has 0 heterocycles. The van der Waals surface area contributed by atoms with Crippen LogP contribution in [0.5, 0.6) is 0 Å². The van der Waals surface area contributed by atoms with Crippen molar-refractivity contribution in [2.45, 2.75) is 227 Å². The molecular weight excluding hydrogens is 624 g/mol. The Labute approximate surface area is 267 Å². The monoisotopic (exact) mass is 688 g/mol. The molecule has 0 N–H and O–H groups in total. The van der Waals surface area contributed by atoms with Gasteiger partial charge in [-0.15, -0.1) is 0 Å². The Bertz CT molecular complexity index is 628. The van der Waals surface area contributed by atoms with E-state index in [9.17, 15) is 0 Å². The van der Waals surface area contributed by atoms with Crippen LogP contribution in [0.25, 0.3) is 0 Å². The Morgan fingerprint density at radius 2 is 0.415 bits per heavy atom. The average Bonchev–Trinajstić information content (AvgIpc) is 3.05. The molecular formula is C36H66Cl2NiP2. The van der Waals surface area contributed by atoms with Gasteiger partial charge in [0.2, 0.25) is 0 Å². The van der Waals surface area contributed by atoms with E-state index in [0.29, 0.717) is 0 Å².